The lowest BCUT2D eigenvalue weighted by atomic mass is 10.3. The Kier molecular flexibility index (Phi) is 4.32. The fraction of sp³-hybridized carbons (Fsp3) is 0.273. The number of ether oxygens (including phenoxy) is 2. The van der Waals surface area contributed by atoms with Gasteiger partial charge in [-0.05, 0) is 19.1 Å². The molecule has 0 heterocycles. The summed E-state index contributed by atoms with van der Waals surface area (Å²) < 4.78 is 9.88. The number of para-hydroxylation sites is 1. The zero-order valence-corrected chi connectivity index (χ0v) is 8.88. The van der Waals surface area contributed by atoms with Crippen molar-refractivity contribution in [2.75, 3.05) is 6.61 Å². The lowest BCUT2D eigenvalue weighted by Crippen LogP contribution is -2.29. The van der Waals surface area contributed by atoms with Crippen molar-refractivity contribution >= 4 is 11.9 Å². The number of nitrogens with two attached hydrogens (primary N) is 1. The molecule has 86 valence electrons. The van der Waals surface area contributed by atoms with Gasteiger partial charge in [-0.3, -0.25) is 4.79 Å². The van der Waals surface area contributed by atoms with Crippen molar-refractivity contribution < 1.29 is 19.1 Å². The molecule has 16 heavy (non-hydrogen) atoms. The van der Waals surface area contributed by atoms with Gasteiger partial charge < -0.3 is 15.2 Å². The van der Waals surface area contributed by atoms with Gasteiger partial charge in [-0.25, -0.2) is 4.79 Å². The largest absolute Gasteiger partial charge is 0.479 e. The average molecular weight is 223 g/mol. The smallest absolute Gasteiger partial charge is 0.347 e. The highest BCUT2D eigenvalue weighted by Gasteiger charge is 2.16. The van der Waals surface area contributed by atoms with E-state index in [1.54, 1.807) is 24.3 Å². The van der Waals surface area contributed by atoms with Crippen molar-refractivity contribution in [2.24, 2.45) is 5.73 Å². The van der Waals surface area contributed by atoms with E-state index >= 15 is 0 Å². The van der Waals surface area contributed by atoms with Crippen LogP contribution in [0.4, 0.5) is 0 Å². The van der Waals surface area contributed by atoms with Crippen LogP contribution in [0.3, 0.4) is 0 Å². The maximum absolute atomic E-state index is 11.3. The minimum absolute atomic E-state index is 0.429. The number of hydrogen-bond acceptors (Lipinski definition) is 4. The van der Waals surface area contributed by atoms with Crippen LogP contribution < -0.4 is 10.5 Å². The first-order chi connectivity index (χ1) is 7.59. The molecule has 0 fully saturated rings. The molecule has 0 aliphatic rings. The molecular weight excluding hydrogens is 210 g/mol. The molecule has 1 aromatic carbocycles. The maximum atomic E-state index is 11.3. The molecule has 0 saturated heterocycles. The highest BCUT2D eigenvalue weighted by Crippen LogP contribution is 2.11. The van der Waals surface area contributed by atoms with Gasteiger partial charge in [0.1, 0.15) is 5.75 Å². The van der Waals surface area contributed by atoms with Gasteiger partial charge in [0.05, 0.1) is 0 Å². The molecule has 5 nitrogen and oxygen atoms in total. The Morgan fingerprint density at radius 1 is 1.31 bits per heavy atom. The van der Waals surface area contributed by atoms with E-state index < -0.39 is 24.6 Å². The molecule has 0 unspecified atom stereocenters. The third-order valence-corrected chi connectivity index (χ3v) is 1.74. The number of esters is 1. The Balaban J connectivity index is 2.43. The van der Waals surface area contributed by atoms with Crippen molar-refractivity contribution in [2.45, 2.75) is 13.0 Å². The lowest BCUT2D eigenvalue weighted by molar-refractivity contribution is -0.154. The third-order valence-electron chi connectivity index (χ3n) is 1.74. The Morgan fingerprint density at radius 3 is 2.50 bits per heavy atom. The molecule has 0 saturated carbocycles. The van der Waals surface area contributed by atoms with Crippen LogP contribution in [0.2, 0.25) is 0 Å². The Bertz CT molecular complexity index is 364. The molecule has 0 aliphatic carbocycles. The SMILES string of the molecule is C[C@@H](Oc1ccccc1)C(=O)OCC(N)=O. The van der Waals surface area contributed by atoms with Crippen molar-refractivity contribution in [1.82, 2.24) is 0 Å². The summed E-state index contributed by atoms with van der Waals surface area (Å²) >= 11 is 0. The molecule has 2 N–H and O–H groups in total. The van der Waals surface area contributed by atoms with Crippen LogP contribution in [0.25, 0.3) is 0 Å². The molecular formula is C11H13NO4. The molecule has 0 spiro atoms. The summed E-state index contributed by atoms with van der Waals surface area (Å²) in [4.78, 5) is 21.7. The zero-order chi connectivity index (χ0) is 12.0. The van der Waals surface area contributed by atoms with Gasteiger partial charge in [0, 0.05) is 0 Å². The van der Waals surface area contributed by atoms with Crippen LogP contribution in [0, 0.1) is 0 Å². The summed E-state index contributed by atoms with van der Waals surface area (Å²) in [5, 5.41) is 0. The second kappa shape index (κ2) is 5.75. The maximum Gasteiger partial charge on any atom is 0.347 e. The zero-order valence-electron chi connectivity index (χ0n) is 8.88. The van der Waals surface area contributed by atoms with Crippen LogP contribution in [0.5, 0.6) is 5.75 Å². The van der Waals surface area contributed by atoms with E-state index in [9.17, 15) is 9.59 Å². The minimum Gasteiger partial charge on any atom is -0.479 e. The predicted octanol–water partition coefficient (Wildman–Crippen LogP) is 0.482. The molecule has 0 radical (unpaired) electrons. The van der Waals surface area contributed by atoms with Gasteiger partial charge in [0.15, 0.2) is 12.7 Å². The summed E-state index contributed by atoms with van der Waals surface area (Å²) in [6, 6.07) is 8.85. The van der Waals surface area contributed by atoms with Crippen LogP contribution in [0.1, 0.15) is 6.92 Å². The first-order valence-electron chi connectivity index (χ1n) is 4.76. The summed E-state index contributed by atoms with van der Waals surface area (Å²) in [5.41, 5.74) is 4.84. The van der Waals surface area contributed by atoms with E-state index in [0.717, 1.165) is 0 Å². The van der Waals surface area contributed by atoms with Gasteiger partial charge in [0.2, 0.25) is 0 Å². The van der Waals surface area contributed by atoms with Gasteiger partial charge >= 0.3 is 5.97 Å². The number of hydrogen-bond donors (Lipinski definition) is 1. The topological polar surface area (TPSA) is 78.6 Å². The summed E-state index contributed by atoms with van der Waals surface area (Å²) in [7, 11) is 0. The summed E-state index contributed by atoms with van der Waals surface area (Å²) in [6.07, 6.45) is -0.776. The summed E-state index contributed by atoms with van der Waals surface area (Å²) in [5.74, 6) is -0.756. The molecule has 5 heteroatoms. The molecule has 0 aliphatic heterocycles. The molecule has 1 amide bonds. The number of carbonyl (C=O) groups excluding carboxylic acids is 2. The van der Waals surface area contributed by atoms with E-state index in [4.69, 9.17) is 10.5 Å². The fourth-order valence-electron chi connectivity index (χ4n) is 1.01. The molecule has 1 aromatic rings. The van der Waals surface area contributed by atoms with Crippen LogP contribution in [-0.4, -0.2) is 24.6 Å². The van der Waals surface area contributed by atoms with Crippen molar-refractivity contribution in [3.63, 3.8) is 0 Å². The van der Waals surface area contributed by atoms with Gasteiger partial charge in [-0.1, -0.05) is 18.2 Å². The molecule has 0 aromatic heterocycles. The molecule has 0 bridgehead atoms. The van der Waals surface area contributed by atoms with Crippen LogP contribution >= 0.6 is 0 Å². The van der Waals surface area contributed by atoms with Crippen LogP contribution in [-0.2, 0) is 14.3 Å². The number of rotatable bonds is 5. The standard InChI is InChI=1S/C11H13NO4/c1-8(11(14)15-7-10(12)13)16-9-5-3-2-4-6-9/h2-6,8H,7H2,1H3,(H2,12,13)/t8-/m1/s1. The van der Waals surface area contributed by atoms with E-state index in [1.807, 2.05) is 6.07 Å². The summed E-state index contributed by atoms with van der Waals surface area (Å²) in [6.45, 7) is 1.11. The number of benzene rings is 1. The molecule has 1 atom stereocenters. The van der Waals surface area contributed by atoms with Crippen molar-refractivity contribution in [3.8, 4) is 5.75 Å². The van der Waals surface area contributed by atoms with Gasteiger partial charge in [0.25, 0.3) is 5.91 Å². The second-order valence-electron chi connectivity index (χ2n) is 3.15. The van der Waals surface area contributed by atoms with E-state index in [2.05, 4.69) is 4.74 Å². The third kappa shape index (κ3) is 4.00. The van der Waals surface area contributed by atoms with E-state index in [-0.39, 0.29) is 0 Å². The van der Waals surface area contributed by atoms with Crippen molar-refractivity contribution in [3.05, 3.63) is 30.3 Å². The monoisotopic (exact) mass is 223 g/mol. The normalized spacial score (nSPS) is 11.6. The first kappa shape index (κ1) is 12.0. The van der Waals surface area contributed by atoms with Crippen molar-refractivity contribution in [1.29, 1.82) is 0 Å². The Morgan fingerprint density at radius 2 is 1.94 bits per heavy atom. The molecule has 1 rings (SSSR count). The Labute approximate surface area is 93.1 Å². The van der Waals surface area contributed by atoms with Gasteiger partial charge in [-0.2, -0.15) is 0 Å². The number of primary amides is 1. The predicted molar refractivity (Wildman–Crippen MR) is 56.7 cm³/mol. The average Bonchev–Trinajstić information content (AvgIpc) is 2.27. The van der Waals surface area contributed by atoms with Crippen LogP contribution in [0.15, 0.2) is 30.3 Å². The highest BCUT2D eigenvalue weighted by molar-refractivity contribution is 5.80. The highest BCUT2D eigenvalue weighted by atomic mass is 16.6. The minimum atomic E-state index is -0.776. The second-order valence-corrected chi connectivity index (χ2v) is 3.15. The van der Waals surface area contributed by atoms with Gasteiger partial charge in [-0.15, -0.1) is 0 Å². The lowest BCUT2D eigenvalue weighted by Gasteiger charge is -2.12. The van der Waals surface area contributed by atoms with E-state index in [1.165, 1.54) is 6.92 Å². The number of amides is 1. The number of carbonyl (C=O) groups is 2. The van der Waals surface area contributed by atoms with E-state index in [0.29, 0.717) is 5.75 Å². The Hall–Kier alpha value is -2.04. The quantitative estimate of drug-likeness (QED) is 0.736. The fourth-order valence-corrected chi connectivity index (χ4v) is 1.01. The first-order valence-corrected chi connectivity index (χ1v) is 4.76.